The van der Waals surface area contributed by atoms with Gasteiger partial charge < -0.3 is 14.9 Å². The molecule has 0 aliphatic heterocycles. The third-order valence-electron chi connectivity index (χ3n) is 2.21. The van der Waals surface area contributed by atoms with Gasteiger partial charge in [-0.25, -0.2) is 0 Å². The number of phenolic OH excluding ortho intramolecular Hbond substituents is 1. The molecule has 15 heavy (non-hydrogen) atoms. The number of carboxylic acid groups (broad SMARTS) is 1. The maximum Gasteiger partial charge on any atom is 0.303 e. The van der Waals surface area contributed by atoms with Gasteiger partial charge in [0.1, 0.15) is 11.5 Å². The van der Waals surface area contributed by atoms with Crippen LogP contribution in [0.3, 0.4) is 0 Å². The van der Waals surface area contributed by atoms with Crippen molar-refractivity contribution in [2.75, 3.05) is 7.11 Å². The second-order valence-corrected chi connectivity index (χ2v) is 3.34. The summed E-state index contributed by atoms with van der Waals surface area (Å²) in [5.74, 6) is -0.0835. The Hall–Kier alpha value is -1.71. The minimum Gasteiger partial charge on any atom is -0.508 e. The third kappa shape index (κ3) is 2.87. The van der Waals surface area contributed by atoms with Gasteiger partial charge in [-0.15, -0.1) is 0 Å². The Bertz CT molecular complexity index is 371. The van der Waals surface area contributed by atoms with Crippen molar-refractivity contribution in [3.63, 3.8) is 0 Å². The van der Waals surface area contributed by atoms with Crippen molar-refractivity contribution >= 4 is 5.97 Å². The van der Waals surface area contributed by atoms with E-state index in [1.165, 1.54) is 7.11 Å². The molecule has 0 aromatic heterocycles. The first-order chi connectivity index (χ1) is 7.04. The standard InChI is InChI=1S/C11H14O4/c1-7-5-10(15-2)8(6-9(7)12)3-4-11(13)14/h5-6,12H,3-4H2,1-2H3,(H,13,14). The molecule has 0 atom stereocenters. The lowest BCUT2D eigenvalue weighted by Crippen LogP contribution is -2.00. The normalized spacial score (nSPS) is 10.0. The van der Waals surface area contributed by atoms with E-state index in [1.807, 2.05) is 0 Å². The number of benzene rings is 1. The van der Waals surface area contributed by atoms with Crippen molar-refractivity contribution in [1.82, 2.24) is 0 Å². The predicted molar refractivity (Wildman–Crippen MR) is 55.4 cm³/mol. The molecule has 82 valence electrons. The van der Waals surface area contributed by atoms with Gasteiger partial charge >= 0.3 is 5.97 Å². The van der Waals surface area contributed by atoms with Crippen LogP contribution in [-0.2, 0) is 11.2 Å². The highest BCUT2D eigenvalue weighted by Gasteiger charge is 2.08. The van der Waals surface area contributed by atoms with Gasteiger partial charge in [-0.3, -0.25) is 4.79 Å². The largest absolute Gasteiger partial charge is 0.508 e. The molecule has 2 N–H and O–H groups in total. The molecule has 0 aliphatic rings. The number of aryl methyl sites for hydroxylation is 2. The van der Waals surface area contributed by atoms with E-state index in [2.05, 4.69) is 0 Å². The first-order valence-corrected chi connectivity index (χ1v) is 4.63. The Morgan fingerprint density at radius 3 is 2.67 bits per heavy atom. The molecular weight excluding hydrogens is 196 g/mol. The lowest BCUT2D eigenvalue weighted by atomic mass is 10.1. The van der Waals surface area contributed by atoms with Crippen LogP contribution in [0.15, 0.2) is 12.1 Å². The molecule has 0 unspecified atom stereocenters. The van der Waals surface area contributed by atoms with Crippen LogP contribution in [0.4, 0.5) is 0 Å². The Labute approximate surface area is 88.1 Å². The maximum absolute atomic E-state index is 10.4. The van der Waals surface area contributed by atoms with Crippen LogP contribution in [0.5, 0.6) is 11.5 Å². The van der Waals surface area contributed by atoms with E-state index in [4.69, 9.17) is 9.84 Å². The van der Waals surface area contributed by atoms with Crippen LogP contribution in [0.25, 0.3) is 0 Å². The zero-order valence-corrected chi connectivity index (χ0v) is 8.78. The number of methoxy groups -OCH3 is 1. The number of aromatic hydroxyl groups is 1. The van der Waals surface area contributed by atoms with E-state index < -0.39 is 5.97 Å². The number of hydrogen-bond donors (Lipinski definition) is 2. The van der Waals surface area contributed by atoms with Gasteiger partial charge in [-0.05, 0) is 36.6 Å². The van der Waals surface area contributed by atoms with Crippen molar-refractivity contribution in [2.24, 2.45) is 0 Å². The molecule has 0 aliphatic carbocycles. The summed E-state index contributed by atoms with van der Waals surface area (Å²) in [4.78, 5) is 10.4. The highest BCUT2D eigenvalue weighted by Crippen LogP contribution is 2.28. The smallest absolute Gasteiger partial charge is 0.303 e. The topological polar surface area (TPSA) is 66.8 Å². The molecule has 1 aromatic rings. The quantitative estimate of drug-likeness (QED) is 0.794. The third-order valence-corrected chi connectivity index (χ3v) is 2.21. The van der Waals surface area contributed by atoms with Crippen LogP contribution in [0, 0.1) is 6.92 Å². The van der Waals surface area contributed by atoms with E-state index in [0.717, 1.165) is 0 Å². The molecule has 4 heteroatoms. The Balaban J connectivity index is 2.94. The minimum absolute atomic E-state index is 0.0266. The molecule has 1 rings (SSSR count). The fraction of sp³-hybridized carbons (Fsp3) is 0.364. The van der Waals surface area contributed by atoms with E-state index in [-0.39, 0.29) is 12.2 Å². The first-order valence-electron chi connectivity index (χ1n) is 4.63. The zero-order chi connectivity index (χ0) is 11.4. The van der Waals surface area contributed by atoms with Gasteiger partial charge in [0.25, 0.3) is 0 Å². The molecular formula is C11H14O4. The summed E-state index contributed by atoms with van der Waals surface area (Å²) in [5, 5.41) is 18.0. The highest BCUT2D eigenvalue weighted by molar-refractivity contribution is 5.67. The van der Waals surface area contributed by atoms with Crippen LogP contribution < -0.4 is 4.74 Å². The van der Waals surface area contributed by atoms with Crippen LogP contribution in [0.1, 0.15) is 17.5 Å². The fourth-order valence-electron chi connectivity index (χ4n) is 1.34. The van der Waals surface area contributed by atoms with E-state index in [1.54, 1.807) is 19.1 Å². The molecule has 1 aromatic carbocycles. The minimum atomic E-state index is -0.864. The average molecular weight is 210 g/mol. The van der Waals surface area contributed by atoms with Gasteiger partial charge in [0.05, 0.1) is 7.11 Å². The Morgan fingerprint density at radius 2 is 2.13 bits per heavy atom. The molecule has 0 fully saturated rings. The van der Waals surface area contributed by atoms with Crippen LogP contribution >= 0.6 is 0 Å². The molecule has 0 bridgehead atoms. The summed E-state index contributed by atoms with van der Waals surface area (Å²) in [5.41, 5.74) is 1.42. The van der Waals surface area contributed by atoms with Crippen molar-refractivity contribution in [1.29, 1.82) is 0 Å². The number of rotatable bonds is 4. The van der Waals surface area contributed by atoms with Crippen molar-refractivity contribution in [2.45, 2.75) is 19.8 Å². The zero-order valence-electron chi connectivity index (χ0n) is 8.78. The number of phenols is 1. The Kier molecular flexibility index (Phi) is 3.55. The lowest BCUT2D eigenvalue weighted by Gasteiger charge is -2.09. The van der Waals surface area contributed by atoms with E-state index >= 15 is 0 Å². The monoisotopic (exact) mass is 210 g/mol. The van der Waals surface area contributed by atoms with Crippen molar-refractivity contribution in [3.05, 3.63) is 23.3 Å². The van der Waals surface area contributed by atoms with Gasteiger partial charge in [-0.1, -0.05) is 0 Å². The summed E-state index contributed by atoms with van der Waals surface area (Å²) >= 11 is 0. The van der Waals surface area contributed by atoms with Gasteiger partial charge in [0.15, 0.2) is 0 Å². The first kappa shape index (κ1) is 11.4. The summed E-state index contributed by atoms with van der Waals surface area (Å²) in [6.07, 6.45) is 0.380. The molecule has 4 nitrogen and oxygen atoms in total. The molecule has 0 heterocycles. The number of aliphatic carboxylic acids is 1. The number of carboxylic acids is 1. The van der Waals surface area contributed by atoms with Crippen molar-refractivity contribution < 1.29 is 19.7 Å². The van der Waals surface area contributed by atoms with Crippen LogP contribution in [-0.4, -0.2) is 23.3 Å². The maximum atomic E-state index is 10.4. The average Bonchev–Trinajstić information content (AvgIpc) is 2.19. The van der Waals surface area contributed by atoms with E-state index in [9.17, 15) is 9.90 Å². The molecule has 0 radical (unpaired) electrons. The number of ether oxygens (including phenoxy) is 1. The summed E-state index contributed by atoms with van der Waals surface area (Å²) in [6, 6.07) is 3.25. The number of carbonyl (C=O) groups is 1. The molecule has 0 amide bonds. The van der Waals surface area contributed by atoms with Gasteiger partial charge in [0.2, 0.25) is 0 Å². The van der Waals surface area contributed by atoms with Crippen LogP contribution in [0.2, 0.25) is 0 Å². The van der Waals surface area contributed by atoms with E-state index in [0.29, 0.717) is 23.3 Å². The van der Waals surface area contributed by atoms with Gasteiger partial charge in [0, 0.05) is 6.42 Å². The molecule has 0 saturated heterocycles. The second kappa shape index (κ2) is 4.68. The number of hydrogen-bond acceptors (Lipinski definition) is 3. The predicted octanol–water partition coefficient (Wildman–Crippen LogP) is 1.73. The summed E-state index contributed by atoms with van der Waals surface area (Å²) in [6.45, 7) is 1.76. The Morgan fingerprint density at radius 1 is 1.47 bits per heavy atom. The fourth-order valence-corrected chi connectivity index (χ4v) is 1.34. The van der Waals surface area contributed by atoms with Gasteiger partial charge in [-0.2, -0.15) is 0 Å². The molecule has 0 saturated carbocycles. The second-order valence-electron chi connectivity index (χ2n) is 3.34. The van der Waals surface area contributed by atoms with Crippen molar-refractivity contribution in [3.8, 4) is 11.5 Å². The highest BCUT2D eigenvalue weighted by atomic mass is 16.5. The SMILES string of the molecule is COc1cc(C)c(O)cc1CCC(=O)O. The lowest BCUT2D eigenvalue weighted by molar-refractivity contribution is -0.136. The summed E-state index contributed by atoms with van der Waals surface area (Å²) in [7, 11) is 1.52. The summed E-state index contributed by atoms with van der Waals surface area (Å²) < 4.78 is 5.11. The molecule has 0 spiro atoms.